The van der Waals surface area contributed by atoms with E-state index in [0.29, 0.717) is 5.56 Å². The molecule has 3 rings (SSSR count). The van der Waals surface area contributed by atoms with Crippen LogP contribution in [0.3, 0.4) is 0 Å². The van der Waals surface area contributed by atoms with E-state index in [1.807, 2.05) is 6.07 Å². The minimum Gasteiger partial charge on any atom is -0.374 e. The third-order valence-corrected chi connectivity index (χ3v) is 8.41. The molecular formula is C15H20N4O5S2. The smallest absolute Gasteiger partial charge is 0.281 e. The van der Waals surface area contributed by atoms with Gasteiger partial charge in [0.25, 0.3) is 10.2 Å². The van der Waals surface area contributed by atoms with Gasteiger partial charge in [0.15, 0.2) is 0 Å². The number of sulfonamides is 1. The highest BCUT2D eigenvalue weighted by Gasteiger charge is 2.48. The predicted octanol–water partition coefficient (Wildman–Crippen LogP) is -0.562. The van der Waals surface area contributed by atoms with Gasteiger partial charge in [-0.2, -0.15) is 26.6 Å². The molecule has 0 spiro atoms. The van der Waals surface area contributed by atoms with E-state index in [2.05, 4.69) is 0 Å². The summed E-state index contributed by atoms with van der Waals surface area (Å²) in [6.07, 6.45) is -0.508. The van der Waals surface area contributed by atoms with Crippen LogP contribution in [-0.2, 0) is 25.0 Å². The fourth-order valence-electron chi connectivity index (χ4n) is 3.17. The van der Waals surface area contributed by atoms with E-state index in [4.69, 9.17) is 10.00 Å². The lowest BCUT2D eigenvalue weighted by Crippen LogP contribution is -2.55. The van der Waals surface area contributed by atoms with Gasteiger partial charge in [0.1, 0.15) is 0 Å². The molecule has 9 nitrogen and oxygen atoms in total. The minimum atomic E-state index is -3.80. The average molecular weight is 400 g/mol. The molecule has 0 amide bonds. The van der Waals surface area contributed by atoms with Crippen molar-refractivity contribution in [2.24, 2.45) is 0 Å². The zero-order chi connectivity index (χ0) is 19.1. The van der Waals surface area contributed by atoms with E-state index >= 15 is 0 Å². The van der Waals surface area contributed by atoms with Crippen LogP contribution >= 0.6 is 0 Å². The Morgan fingerprint density at radius 3 is 2.38 bits per heavy atom. The fourth-order valence-corrected chi connectivity index (χ4v) is 5.91. The van der Waals surface area contributed by atoms with Gasteiger partial charge in [0.05, 0.1) is 35.3 Å². The molecule has 2 aliphatic rings. The van der Waals surface area contributed by atoms with Gasteiger partial charge in [-0.05, 0) is 24.3 Å². The van der Waals surface area contributed by atoms with Crippen molar-refractivity contribution in [3.63, 3.8) is 0 Å². The Morgan fingerprint density at radius 1 is 1.15 bits per heavy atom. The quantitative estimate of drug-likeness (QED) is 0.670. The Bertz CT molecular complexity index is 922. The Hall–Kier alpha value is -1.55. The summed E-state index contributed by atoms with van der Waals surface area (Å²) in [7, 11) is -4.58. The number of ether oxygens (including phenoxy) is 1. The highest BCUT2D eigenvalue weighted by Crippen LogP contribution is 2.30. The van der Waals surface area contributed by atoms with Gasteiger partial charge in [-0.25, -0.2) is 8.42 Å². The summed E-state index contributed by atoms with van der Waals surface area (Å²) in [5, 5.41) is 8.84. The SMILES string of the molecule is CN(C)S(=O)(=O)N1CCO[C@@H]2CN(S(=O)(=O)c3ccc(C#N)cc3)C[C@@H]21. The second-order valence-electron chi connectivity index (χ2n) is 6.34. The summed E-state index contributed by atoms with van der Waals surface area (Å²) >= 11 is 0. The molecule has 2 aliphatic heterocycles. The molecule has 0 aromatic heterocycles. The first kappa shape index (κ1) is 19.2. The molecule has 1 aromatic rings. The van der Waals surface area contributed by atoms with Crippen molar-refractivity contribution in [3.8, 4) is 6.07 Å². The third-order valence-electron chi connectivity index (χ3n) is 4.60. The lowest BCUT2D eigenvalue weighted by molar-refractivity contribution is -0.0169. The maximum Gasteiger partial charge on any atom is 0.281 e. The van der Waals surface area contributed by atoms with Crippen molar-refractivity contribution < 1.29 is 21.6 Å². The molecule has 2 fully saturated rings. The van der Waals surface area contributed by atoms with E-state index in [1.165, 1.54) is 47.0 Å². The third kappa shape index (κ3) is 3.24. The topological polar surface area (TPSA) is 111 Å². The standard InChI is InChI=1S/C15H20N4O5S2/c1-17(2)26(22,23)19-7-8-24-15-11-18(10-14(15)19)25(20,21)13-5-3-12(9-16)4-6-13/h3-6,14-15H,7-8,10-11H2,1-2H3/t14-,15+/m0/s1. The zero-order valence-electron chi connectivity index (χ0n) is 14.4. The van der Waals surface area contributed by atoms with Gasteiger partial charge >= 0.3 is 0 Å². The van der Waals surface area contributed by atoms with Crippen molar-refractivity contribution in [2.75, 3.05) is 40.3 Å². The molecule has 0 unspecified atom stereocenters. The van der Waals surface area contributed by atoms with Crippen LogP contribution in [0.25, 0.3) is 0 Å². The molecule has 11 heteroatoms. The molecule has 1 aromatic carbocycles. The molecule has 2 saturated heterocycles. The fraction of sp³-hybridized carbons (Fsp3) is 0.533. The molecule has 0 N–H and O–H groups in total. The molecule has 26 heavy (non-hydrogen) atoms. The van der Waals surface area contributed by atoms with Crippen LogP contribution in [-0.4, -0.2) is 82.2 Å². The van der Waals surface area contributed by atoms with Crippen molar-refractivity contribution >= 4 is 20.2 Å². The molecule has 2 heterocycles. The van der Waals surface area contributed by atoms with Crippen LogP contribution in [0.15, 0.2) is 29.2 Å². The molecule has 0 radical (unpaired) electrons. The Balaban J connectivity index is 1.87. The maximum absolute atomic E-state index is 12.9. The Morgan fingerprint density at radius 2 is 1.81 bits per heavy atom. The maximum atomic E-state index is 12.9. The van der Waals surface area contributed by atoms with Crippen LogP contribution in [0, 0.1) is 11.3 Å². The molecule has 0 saturated carbocycles. The molecule has 0 aliphatic carbocycles. The first-order chi connectivity index (χ1) is 12.2. The number of morpholine rings is 1. The second-order valence-corrected chi connectivity index (χ2v) is 10.4. The van der Waals surface area contributed by atoms with Gasteiger partial charge < -0.3 is 4.74 Å². The van der Waals surface area contributed by atoms with E-state index in [0.717, 1.165) is 4.31 Å². The van der Waals surface area contributed by atoms with Crippen molar-refractivity contribution in [1.82, 2.24) is 12.9 Å². The van der Waals surface area contributed by atoms with Crippen molar-refractivity contribution in [1.29, 1.82) is 5.26 Å². The summed E-state index contributed by atoms with van der Waals surface area (Å²) in [6, 6.07) is 7.02. The number of hydrogen-bond donors (Lipinski definition) is 0. The number of hydrogen-bond acceptors (Lipinski definition) is 6. The van der Waals surface area contributed by atoms with E-state index in [-0.39, 0.29) is 31.1 Å². The van der Waals surface area contributed by atoms with E-state index < -0.39 is 32.4 Å². The Labute approximate surface area is 153 Å². The summed E-state index contributed by atoms with van der Waals surface area (Å²) in [5.41, 5.74) is 0.366. The first-order valence-corrected chi connectivity index (χ1v) is 10.8. The summed E-state index contributed by atoms with van der Waals surface area (Å²) in [6.45, 7) is 0.526. The summed E-state index contributed by atoms with van der Waals surface area (Å²) in [5.74, 6) is 0. The van der Waals surface area contributed by atoms with Gasteiger partial charge in [-0.1, -0.05) is 0 Å². The summed E-state index contributed by atoms with van der Waals surface area (Å²) < 4.78 is 60.1. The average Bonchev–Trinajstić information content (AvgIpc) is 3.06. The first-order valence-electron chi connectivity index (χ1n) is 7.99. The van der Waals surface area contributed by atoms with Crippen molar-refractivity contribution in [2.45, 2.75) is 17.0 Å². The lowest BCUT2D eigenvalue weighted by atomic mass is 10.2. The number of nitrogens with zero attached hydrogens (tertiary/aromatic N) is 4. The largest absolute Gasteiger partial charge is 0.374 e. The van der Waals surface area contributed by atoms with Gasteiger partial charge in [0, 0.05) is 33.7 Å². The molecular weight excluding hydrogens is 380 g/mol. The van der Waals surface area contributed by atoms with E-state index in [9.17, 15) is 16.8 Å². The van der Waals surface area contributed by atoms with Gasteiger partial charge in [0.2, 0.25) is 10.0 Å². The number of benzene rings is 1. The molecule has 2 atom stereocenters. The molecule has 0 bridgehead atoms. The monoisotopic (exact) mass is 400 g/mol. The van der Waals surface area contributed by atoms with Crippen molar-refractivity contribution in [3.05, 3.63) is 29.8 Å². The van der Waals surface area contributed by atoms with Gasteiger partial charge in [-0.3, -0.25) is 0 Å². The van der Waals surface area contributed by atoms with Gasteiger partial charge in [-0.15, -0.1) is 0 Å². The van der Waals surface area contributed by atoms with Crippen LogP contribution in [0.5, 0.6) is 0 Å². The number of rotatable bonds is 4. The Kier molecular flexibility index (Phi) is 5.08. The number of nitriles is 1. The summed E-state index contributed by atoms with van der Waals surface area (Å²) in [4.78, 5) is 0.0668. The van der Waals surface area contributed by atoms with Crippen LogP contribution < -0.4 is 0 Å². The second kappa shape index (κ2) is 6.88. The lowest BCUT2D eigenvalue weighted by Gasteiger charge is -2.37. The van der Waals surface area contributed by atoms with Crippen LogP contribution in [0.2, 0.25) is 0 Å². The van der Waals surface area contributed by atoms with E-state index in [1.54, 1.807) is 0 Å². The highest BCUT2D eigenvalue weighted by molar-refractivity contribution is 7.89. The number of fused-ring (bicyclic) bond motifs is 1. The predicted molar refractivity (Wildman–Crippen MR) is 92.8 cm³/mol. The zero-order valence-corrected chi connectivity index (χ0v) is 16.1. The van der Waals surface area contributed by atoms with Crippen LogP contribution in [0.1, 0.15) is 5.56 Å². The molecule has 142 valence electrons. The normalized spacial score (nSPS) is 25.2. The van der Waals surface area contributed by atoms with Crippen LogP contribution in [0.4, 0.5) is 0 Å². The highest BCUT2D eigenvalue weighted by atomic mass is 32.2. The minimum absolute atomic E-state index is 0.0278.